The maximum atomic E-state index is 10.8. The third-order valence-corrected chi connectivity index (χ3v) is 1.82. The molecule has 70 valence electrons. The number of carbonyl (C=O) groups is 1. The Morgan fingerprint density at radius 3 is 2.54 bits per heavy atom. The van der Waals surface area contributed by atoms with E-state index in [0.29, 0.717) is 5.82 Å². The van der Waals surface area contributed by atoms with Crippen LogP contribution in [0.5, 0.6) is 0 Å². The van der Waals surface area contributed by atoms with Crippen LogP contribution in [0.25, 0.3) is 0 Å². The Morgan fingerprint density at radius 2 is 2.08 bits per heavy atom. The van der Waals surface area contributed by atoms with Crippen molar-refractivity contribution in [2.24, 2.45) is 0 Å². The van der Waals surface area contributed by atoms with Gasteiger partial charge in [-0.15, -0.1) is 0 Å². The van der Waals surface area contributed by atoms with Crippen molar-refractivity contribution in [1.82, 2.24) is 9.97 Å². The van der Waals surface area contributed by atoms with Gasteiger partial charge in [0.05, 0.1) is 0 Å². The van der Waals surface area contributed by atoms with E-state index in [1.54, 1.807) is 0 Å². The van der Waals surface area contributed by atoms with E-state index in [2.05, 4.69) is 9.97 Å². The van der Waals surface area contributed by atoms with Crippen LogP contribution in [0.15, 0.2) is 6.07 Å². The molecule has 0 aliphatic rings. The molecule has 5 heteroatoms. The molecule has 0 radical (unpaired) electrons. The summed E-state index contributed by atoms with van der Waals surface area (Å²) in [6.07, 6.45) is 0. The highest BCUT2D eigenvalue weighted by atomic mass is 35.5. The second-order valence-corrected chi connectivity index (χ2v) is 3.59. The average Bonchev–Trinajstić information content (AvgIpc) is 2.03. The molecule has 1 rings (SSSR count). The van der Waals surface area contributed by atoms with E-state index in [1.807, 2.05) is 13.8 Å². The van der Waals surface area contributed by atoms with Crippen LogP contribution >= 0.6 is 23.2 Å². The molecule has 0 fully saturated rings. The van der Waals surface area contributed by atoms with Gasteiger partial charge in [0.25, 0.3) is 5.24 Å². The smallest absolute Gasteiger partial charge is 0.271 e. The first kappa shape index (κ1) is 10.4. The van der Waals surface area contributed by atoms with Crippen molar-refractivity contribution in [3.8, 4) is 0 Å². The lowest BCUT2D eigenvalue weighted by Crippen LogP contribution is -2.03. The van der Waals surface area contributed by atoms with Crippen LogP contribution in [0.4, 0.5) is 0 Å². The summed E-state index contributed by atoms with van der Waals surface area (Å²) < 4.78 is 0. The minimum Gasteiger partial charge on any atom is -0.274 e. The summed E-state index contributed by atoms with van der Waals surface area (Å²) in [5, 5.41) is -0.381. The van der Waals surface area contributed by atoms with Crippen LogP contribution in [0.1, 0.15) is 36.1 Å². The molecule has 3 nitrogen and oxygen atoms in total. The lowest BCUT2D eigenvalue weighted by molar-refractivity contribution is 0.107. The van der Waals surface area contributed by atoms with Crippen molar-refractivity contribution in [3.63, 3.8) is 0 Å². The van der Waals surface area contributed by atoms with Gasteiger partial charge in [-0.25, -0.2) is 9.97 Å². The lowest BCUT2D eigenvalue weighted by Gasteiger charge is -2.04. The molecule has 0 aromatic carbocycles. The van der Waals surface area contributed by atoms with Crippen LogP contribution in [0, 0.1) is 0 Å². The summed E-state index contributed by atoms with van der Waals surface area (Å²) in [6.45, 7) is 3.82. The lowest BCUT2D eigenvalue weighted by atomic mass is 10.2. The van der Waals surface area contributed by atoms with Crippen LogP contribution in [-0.2, 0) is 0 Å². The summed E-state index contributed by atoms with van der Waals surface area (Å²) in [5.41, 5.74) is 0.144. The van der Waals surface area contributed by atoms with Crippen molar-refractivity contribution in [1.29, 1.82) is 0 Å². The molecule has 0 aliphatic carbocycles. The Hall–Kier alpha value is -0.670. The summed E-state index contributed by atoms with van der Waals surface area (Å²) in [5.74, 6) is 0.643. The molecule has 0 N–H and O–H groups in total. The highest BCUT2D eigenvalue weighted by Crippen LogP contribution is 2.14. The minimum absolute atomic E-state index is 0.119. The normalized spacial score (nSPS) is 10.5. The summed E-state index contributed by atoms with van der Waals surface area (Å²) >= 11 is 10.9. The maximum absolute atomic E-state index is 10.8. The first-order valence-corrected chi connectivity index (χ1v) is 4.50. The van der Waals surface area contributed by atoms with E-state index in [4.69, 9.17) is 23.2 Å². The van der Waals surface area contributed by atoms with Crippen molar-refractivity contribution >= 4 is 28.4 Å². The Morgan fingerprint density at radius 1 is 1.46 bits per heavy atom. The van der Waals surface area contributed by atoms with E-state index in [9.17, 15) is 4.79 Å². The van der Waals surface area contributed by atoms with Gasteiger partial charge in [-0.3, -0.25) is 4.79 Å². The van der Waals surface area contributed by atoms with Gasteiger partial charge < -0.3 is 0 Å². The van der Waals surface area contributed by atoms with Crippen molar-refractivity contribution in [2.45, 2.75) is 19.8 Å². The van der Waals surface area contributed by atoms with E-state index < -0.39 is 5.24 Å². The molecule has 0 saturated carbocycles. The van der Waals surface area contributed by atoms with E-state index >= 15 is 0 Å². The fourth-order valence-corrected chi connectivity index (χ4v) is 1.08. The number of rotatable bonds is 2. The number of hydrogen-bond acceptors (Lipinski definition) is 3. The van der Waals surface area contributed by atoms with Gasteiger partial charge in [-0.2, -0.15) is 0 Å². The Bertz CT molecular complexity index is 339. The van der Waals surface area contributed by atoms with Crippen molar-refractivity contribution in [2.75, 3.05) is 0 Å². The zero-order chi connectivity index (χ0) is 10.0. The fourth-order valence-electron chi connectivity index (χ4n) is 0.794. The van der Waals surface area contributed by atoms with Crippen molar-refractivity contribution in [3.05, 3.63) is 22.7 Å². The fraction of sp³-hybridized carbons (Fsp3) is 0.375. The number of carbonyl (C=O) groups excluding carboxylic acids is 1. The van der Waals surface area contributed by atoms with Gasteiger partial charge in [0.15, 0.2) is 0 Å². The second kappa shape index (κ2) is 4.03. The average molecular weight is 219 g/mol. The number of halogens is 2. The zero-order valence-electron chi connectivity index (χ0n) is 7.21. The molecular formula is C8H8Cl2N2O. The van der Waals surface area contributed by atoms with Crippen LogP contribution in [0.3, 0.4) is 0 Å². The van der Waals surface area contributed by atoms with Gasteiger partial charge in [0.1, 0.15) is 16.7 Å². The molecule has 0 aliphatic heterocycles. The second-order valence-electron chi connectivity index (χ2n) is 2.86. The zero-order valence-corrected chi connectivity index (χ0v) is 8.73. The number of aromatic nitrogens is 2. The molecule has 0 unspecified atom stereocenters. The molecule has 1 aromatic rings. The highest BCUT2D eigenvalue weighted by Gasteiger charge is 2.10. The highest BCUT2D eigenvalue weighted by molar-refractivity contribution is 6.67. The molecular weight excluding hydrogens is 211 g/mol. The van der Waals surface area contributed by atoms with Crippen LogP contribution in [-0.4, -0.2) is 15.2 Å². The predicted molar refractivity (Wildman–Crippen MR) is 51.3 cm³/mol. The molecule has 1 heterocycles. The van der Waals surface area contributed by atoms with Gasteiger partial charge in [-0.1, -0.05) is 25.4 Å². The third-order valence-electron chi connectivity index (χ3n) is 1.43. The molecule has 13 heavy (non-hydrogen) atoms. The predicted octanol–water partition coefficient (Wildman–Crippen LogP) is 2.63. The van der Waals surface area contributed by atoms with Crippen LogP contribution < -0.4 is 0 Å². The summed E-state index contributed by atoms with van der Waals surface area (Å²) in [7, 11) is 0. The Labute approximate surface area is 86.1 Å². The summed E-state index contributed by atoms with van der Waals surface area (Å²) in [4.78, 5) is 18.7. The van der Waals surface area contributed by atoms with Gasteiger partial charge in [0, 0.05) is 12.0 Å². The SMILES string of the molecule is CC(C)c1nc(Cl)cc(C(=O)Cl)n1. The molecule has 0 saturated heterocycles. The van der Waals surface area contributed by atoms with E-state index in [-0.39, 0.29) is 16.8 Å². The van der Waals surface area contributed by atoms with Gasteiger partial charge in [-0.05, 0) is 11.6 Å². The molecule has 0 bridgehead atoms. The van der Waals surface area contributed by atoms with Crippen LogP contribution in [0.2, 0.25) is 5.15 Å². The standard InChI is InChI=1S/C8H8Cl2N2O/c1-4(2)8-11-5(7(10)13)3-6(9)12-8/h3-4H,1-2H3. The molecule has 1 aromatic heterocycles. The largest absolute Gasteiger partial charge is 0.274 e. The van der Waals surface area contributed by atoms with Crippen molar-refractivity contribution < 1.29 is 4.79 Å². The molecule has 0 amide bonds. The van der Waals surface area contributed by atoms with Gasteiger partial charge in [0.2, 0.25) is 0 Å². The maximum Gasteiger partial charge on any atom is 0.271 e. The third kappa shape index (κ3) is 2.64. The molecule has 0 spiro atoms. The number of nitrogens with zero attached hydrogens (tertiary/aromatic N) is 2. The summed E-state index contributed by atoms with van der Waals surface area (Å²) in [6, 6.07) is 1.35. The monoisotopic (exact) mass is 218 g/mol. The minimum atomic E-state index is -0.619. The van der Waals surface area contributed by atoms with Gasteiger partial charge >= 0.3 is 0 Å². The van der Waals surface area contributed by atoms with E-state index in [1.165, 1.54) is 6.07 Å². The van der Waals surface area contributed by atoms with E-state index in [0.717, 1.165) is 0 Å². The first-order valence-electron chi connectivity index (χ1n) is 3.75. The Balaban J connectivity index is 3.19. The quantitative estimate of drug-likeness (QED) is 0.567. The first-order chi connectivity index (χ1) is 6.00. The topological polar surface area (TPSA) is 42.9 Å². The molecule has 0 atom stereocenters. The number of hydrogen-bond donors (Lipinski definition) is 0. The Kier molecular flexibility index (Phi) is 3.22.